The summed E-state index contributed by atoms with van der Waals surface area (Å²) in [6, 6.07) is 6.61. The highest BCUT2D eigenvalue weighted by Gasteiger charge is 2.24. The van der Waals surface area contributed by atoms with Crippen molar-refractivity contribution in [1.82, 2.24) is 0 Å². The second kappa shape index (κ2) is 18.6. The quantitative estimate of drug-likeness (QED) is 0.375. The lowest BCUT2D eigenvalue weighted by atomic mass is 9.97. The number of carbonyl (C=O) groups is 1. The Balaban J connectivity index is 0. The maximum absolute atomic E-state index is 11.8. The average Bonchev–Trinajstić information content (AvgIpc) is 2.68. The Labute approximate surface area is 178 Å². The molecule has 0 fully saturated rings. The SMILES string of the molecule is CCC.CCC(O)COCCOc1ccc(C(=O)C(C)(C)O)cc1.CCCCC. The lowest BCUT2D eigenvalue weighted by Crippen LogP contribution is -2.30. The molecule has 1 aromatic rings. The molecule has 0 heterocycles. The molecule has 170 valence electrons. The van der Waals surface area contributed by atoms with E-state index < -0.39 is 11.7 Å². The number of ketones is 1. The molecular weight excluding hydrogens is 368 g/mol. The monoisotopic (exact) mass is 412 g/mol. The molecule has 1 rings (SSSR count). The topological polar surface area (TPSA) is 76.0 Å². The summed E-state index contributed by atoms with van der Waals surface area (Å²) in [6.45, 7) is 14.5. The summed E-state index contributed by atoms with van der Waals surface area (Å²) in [4.78, 5) is 11.8. The van der Waals surface area contributed by atoms with Gasteiger partial charge in [-0.3, -0.25) is 4.79 Å². The first-order valence-electron chi connectivity index (χ1n) is 10.9. The molecule has 0 radical (unpaired) electrons. The van der Waals surface area contributed by atoms with Gasteiger partial charge >= 0.3 is 0 Å². The third-order valence-electron chi connectivity index (χ3n) is 3.66. The summed E-state index contributed by atoms with van der Waals surface area (Å²) < 4.78 is 10.7. The van der Waals surface area contributed by atoms with E-state index in [0.29, 0.717) is 37.6 Å². The molecule has 0 amide bonds. The van der Waals surface area contributed by atoms with Gasteiger partial charge in [0.05, 0.1) is 19.3 Å². The molecule has 0 saturated carbocycles. The predicted octanol–water partition coefficient (Wildman–Crippen LogP) is 5.42. The zero-order valence-electron chi connectivity index (χ0n) is 19.7. The van der Waals surface area contributed by atoms with Crippen LogP contribution in [-0.4, -0.2) is 47.5 Å². The fourth-order valence-electron chi connectivity index (χ4n) is 1.96. The Bertz CT molecular complexity index is 489. The fraction of sp³-hybridized carbons (Fsp3) is 0.708. The molecule has 29 heavy (non-hydrogen) atoms. The average molecular weight is 413 g/mol. The number of unbranched alkanes of at least 4 members (excludes halogenated alkanes) is 2. The number of benzene rings is 1. The minimum Gasteiger partial charge on any atom is -0.491 e. The number of Topliss-reactive ketones (excluding diaryl/α,β-unsaturated/α-hetero) is 1. The van der Waals surface area contributed by atoms with Gasteiger partial charge < -0.3 is 19.7 Å². The number of aliphatic hydroxyl groups is 2. The van der Waals surface area contributed by atoms with Crippen molar-refractivity contribution >= 4 is 5.78 Å². The van der Waals surface area contributed by atoms with Crippen molar-refractivity contribution in [3.63, 3.8) is 0 Å². The van der Waals surface area contributed by atoms with E-state index >= 15 is 0 Å². The first kappa shape index (κ1) is 29.8. The van der Waals surface area contributed by atoms with E-state index in [1.807, 2.05) is 6.92 Å². The van der Waals surface area contributed by atoms with Crippen molar-refractivity contribution in [3.05, 3.63) is 29.8 Å². The minimum atomic E-state index is -1.38. The van der Waals surface area contributed by atoms with Crippen molar-refractivity contribution < 1.29 is 24.5 Å². The van der Waals surface area contributed by atoms with Gasteiger partial charge in [0.25, 0.3) is 0 Å². The van der Waals surface area contributed by atoms with Gasteiger partial charge in [-0.25, -0.2) is 0 Å². The van der Waals surface area contributed by atoms with Gasteiger partial charge in [0.15, 0.2) is 5.78 Å². The smallest absolute Gasteiger partial charge is 0.193 e. The van der Waals surface area contributed by atoms with Crippen LogP contribution in [0.15, 0.2) is 24.3 Å². The number of rotatable bonds is 11. The van der Waals surface area contributed by atoms with Gasteiger partial charge in [0.1, 0.15) is 18.0 Å². The first-order chi connectivity index (χ1) is 13.7. The summed E-state index contributed by atoms with van der Waals surface area (Å²) in [5.74, 6) is 0.299. The third kappa shape index (κ3) is 17.2. The lowest BCUT2D eigenvalue weighted by molar-refractivity contribution is 0.0233. The lowest BCUT2D eigenvalue weighted by Gasteiger charge is -2.15. The van der Waals surface area contributed by atoms with Crippen LogP contribution in [0.1, 0.15) is 90.9 Å². The predicted molar refractivity (Wildman–Crippen MR) is 121 cm³/mol. The van der Waals surface area contributed by atoms with Gasteiger partial charge in [-0.2, -0.15) is 0 Å². The second-order valence-corrected chi connectivity index (χ2v) is 7.46. The van der Waals surface area contributed by atoms with Crippen LogP contribution >= 0.6 is 0 Å². The fourth-order valence-corrected chi connectivity index (χ4v) is 1.96. The maximum atomic E-state index is 11.8. The van der Waals surface area contributed by atoms with Crippen molar-refractivity contribution in [2.75, 3.05) is 19.8 Å². The molecule has 0 aliphatic rings. The minimum absolute atomic E-state index is 0.304. The molecule has 0 aliphatic carbocycles. The van der Waals surface area contributed by atoms with E-state index in [-0.39, 0.29) is 5.78 Å². The van der Waals surface area contributed by atoms with Gasteiger partial charge in [-0.05, 0) is 44.5 Å². The molecule has 0 aliphatic heterocycles. The summed E-state index contributed by atoms with van der Waals surface area (Å²) in [5, 5.41) is 19.0. The van der Waals surface area contributed by atoms with E-state index in [1.165, 1.54) is 39.5 Å². The number of carbonyl (C=O) groups excluding carboxylic acids is 1. The molecule has 0 aromatic heterocycles. The van der Waals surface area contributed by atoms with E-state index in [1.54, 1.807) is 24.3 Å². The molecule has 5 nitrogen and oxygen atoms in total. The highest BCUT2D eigenvalue weighted by atomic mass is 16.5. The third-order valence-corrected chi connectivity index (χ3v) is 3.66. The van der Waals surface area contributed by atoms with Crippen molar-refractivity contribution in [1.29, 1.82) is 0 Å². The summed E-state index contributed by atoms with van der Waals surface area (Å²) in [6.07, 6.45) is 5.56. The number of ether oxygens (including phenoxy) is 2. The van der Waals surface area contributed by atoms with Crippen molar-refractivity contribution in [3.8, 4) is 5.75 Å². The highest BCUT2D eigenvalue weighted by molar-refractivity contribution is 6.01. The number of hydrogen-bond donors (Lipinski definition) is 2. The Morgan fingerprint density at radius 3 is 1.90 bits per heavy atom. The Kier molecular flexibility index (Phi) is 19.1. The van der Waals surface area contributed by atoms with Crippen LogP contribution in [0.5, 0.6) is 5.75 Å². The van der Waals surface area contributed by atoms with Crippen LogP contribution in [0.4, 0.5) is 0 Å². The van der Waals surface area contributed by atoms with E-state index in [2.05, 4.69) is 27.7 Å². The van der Waals surface area contributed by atoms with Crippen molar-refractivity contribution in [2.24, 2.45) is 0 Å². The summed E-state index contributed by atoms with van der Waals surface area (Å²) in [5.41, 5.74) is -0.937. The normalized spacial score (nSPS) is 11.5. The molecule has 1 unspecified atom stereocenters. The van der Waals surface area contributed by atoms with Gasteiger partial charge in [-0.15, -0.1) is 0 Å². The number of aliphatic hydroxyl groups excluding tert-OH is 1. The standard InChI is InChI=1S/C16H24O5.C5H12.C3H8/c1-4-13(17)11-20-9-10-21-14-7-5-12(6-8-14)15(18)16(2,3)19;1-3-5-4-2;1-3-2/h5-8,13,17,19H,4,9-11H2,1-3H3;3-5H2,1-2H3;3H2,1-2H3. The van der Waals surface area contributed by atoms with Crippen LogP contribution in [0, 0.1) is 0 Å². The van der Waals surface area contributed by atoms with Gasteiger partial charge in [-0.1, -0.05) is 60.3 Å². The molecule has 1 aromatic carbocycles. The first-order valence-corrected chi connectivity index (χ1v) is 10.9. The second-order valence-electron chi connectivity index (χ2n) is 7.46. The van der Waals surface area contributed by atoms with E-state index in [4.69, 9.17) is 9.47 Å². The maximum Gasteiger partial charge on any atom is 0.193 e. The molecule has 0 spiro atoms. The molecule has 2 N–H and O–H groups in total. The summed E-state index contributed by atoms with van der Waals surface area (Å²) >= 11 is 0. The van der Waals surface area contributed by atoms with E-state index in [0.717, 1.165) is 0 Å². The van der Waals surface area contributed by atoms with Gasteiger partial charge in [0.2, 0.25) is 0 Å². The number of hydrogen-bond acceptors (Lipinski definition) is 5. The largest absolute Gasteiger partial charge is 0.491 e. The van der Waals surface area contributed by atoms with E-state index in [9.17, 15) is 15.0 Å². The van der Waals surface area contributed by atoms with Crippen LogP contribution < -0.4 is 4.74 Å². The zero-order valence-corrected chi connectivity index (χ0v) is 19.7. The Morgan fingerprint density at radius 2 is 1.52 bits per heavy atom. The molecular formula is C24H44O5. The summed E-state index contributed by atoms with van der Waals surface area (Å²) in [7, 11) is 0. The Morgan fingerprint density at radius 1 is 1.00 bits per heavy atom. The zero-order chi connectivity index (χ0) is 22.7. The van der Waals surface area contributed by atoms with Crippen molar-refractivity contribution in [2.45, 2.75) is 92.3 Å². The molecule has 0 bridgehead atoms. The molecule has 0 saturated heterocycles. The highest BCUT2D eigenvalue weighted by Crippen LogP contribution is 2.17. The van der Waals surface area contributed by atoms with Crippen LogP contribution in [0.3, 0.4) is 0 Å². The Hall–Kier alpha value is -1.43. The molecule has 5 heteroatoms. The van der Waals surface area contributed by atoms with Gasteiger partial charge in [0, 0.05) is 5.56 Å². The van der Waals surface area contributed by atoms with Crippen LogP contribution in [-0.2, 0) is 4.74 Å². The molecule has 1 atom stereocenters. The van der Waals surface area contributed by atoms with Crippen LogP contribution in [0.2, 0.25) is 0 Å². The van der Waals surface area contributed by atoms with Crippen LogP contribution in [0.25, 0.3) is 0 Å².